The topological polar surface area (TPSA) is 70.0 Å². The molecule has 0 saturated carbocycles. The summed E-state index contributed by atoms with van der Waals surface area (Å²) in [7, 11) is 0. The maximum Gasteiger partial charge on any atom is 0.326 e. The predicted octanol–water partition coefficient (Wildman–Crippen LogP) is 1.95. The zero-order valence-corrected chi connectivity index (χ0v) is 12.9. The Morgan fingerprint density at radius 3 is 3.05 bits per heavy atom. The Morgan fingerprint density at radius 2 is 2.29 bits per heavy atom. The second-order valence-electron chi connectivity index (χ2n) is 5.47. The molecule has 0 bridgehead atoms. The number of unbranched alkanes of at least 4 members (excludes halogenated alkanes) is 1. The lowest BCUT2D eigenvalue weighted by molar-refractivity contribution is 0.125. The fourth-order valence-electron chi connectivity index (χ4n) is 3.02. The molecule has 6 heteroatoms. The molecule has 0 radical (unpaired) electrons. The third-order valence-corrected chi connectivity index (χ3v) is 4.12. The normalized spacial score (nSPS) is 21.0. The van der Waals surface area contributed by atoms with Crippen molar-refractivity contribution in [1.29, 1.82) is 0 Å². The monoisotopic (exact) mass is 311 g/mol. The lowest BCUT2D eigenvalue weighted by Gasteiger charge is -2.22. The second kappa shape index (κ2) is 6.64. The highest BCUT2D eigenvalue weighted by molar-refractivity contribution is 5.85. The fraction of sp³-hybridized carbons (Fsp3) is 0.533. The molecular formula is C15H22ClN3O2. The summed E-state index contributed by atoms with van der Waals surface area (Å²) in [5.74, 6) is 0. The van der Waals surface area contributed by atoms with E-state index in [9.17, 15) is 9.90 Å². The van der Waals surface area contributed by atoms with Crippen LogP contribution in [0.5, 0.6) is 0 Å². The maximum absolute atomic E-state index is 12.0. The summed E-state index contributed by atoms with van der Waals surface area (Å²) < 4.78 is 1.75. The molecule has 1 aromatic heterocycles. The molecule has 2 unspecified atom stereocenters. The van der Waals surface area contributed by atoms with Gasteiger partial charge in [0.15, 0.2) is 0 Å². The second-order valence-corrected chi connectivity index (χ2v) is 5.47. The highest BCUT2D eigenvalue weighted by Crippen LogP contribution is 2.29. The van der Waals surface area contributed by atoms with E-state index < -0.39 is 6.10 Å². The summed E-state index contributed by atoms with van der Waals surface area (Å²) >= 11 is 0. The number of aryl methyl sites for hydroxylation is 1. The van der Waals surface area contributed by atoms with Crippen LogP contribution in [0.3, 0.4) is 0 Å². The van der Waals surface area contributed by atoms with E-state index in [-0.39, 0.29) is 24.1 Å². The average molecular weight is 312 g/mol. The van der Waals surface area contributed by atoms with Gasteiger partial charge in [-0.25, -0.2) is 4.79 Å². The number of nitrogens with zero attached hydrogens (tertiary/aromatic N) is 1. The minimum atomic E-state index is -0.570. The van der Waals surface area contributed by atoms with Crippen LogP contribution in [0, 0.1) is 0 Å². The highest BCUT2D eigenvalue weighted by atomic mass is 35.5. The molecule has 116 valence electrons. The number of para-hydroxylation sites is 1. The van der Waals surface area contributed by atoms with Crippen molar-refractivity contribution in [2.75, 3.05) is 6.54 Å². The molecule has 0 amide bonds. The quantitative estimate of drug-likeness (QED) is 0.756. The number of benzene rings is 1. The van der Waals surface area contributed by atoms with Crippen molar-refractivity contribution in [3.05, 3.63) is 34.2 Å². The van der Waals surface area contributed by atoms with Gasteiger partial charge in [-0.3, -0.25) is 4.57 Å². The van der Waals surface area contributed by atoms with E-state index in [1.165, 1.54) is 0 Å². The average Bonchev–Trinajstić information content (AvgIpc) is 2.69. The van der Waals surface area contributed by atoms with Gasteiger partial charge in [-0.1, -0.05) is 25.5 Å². The highest BCUT2D eigenvalue weighted by Gasteiger charge is 2.27. The van der Waals surface area contributed by atoms with E-state index in [2.05, 4.69) is 17.2 Å². The van der Waals surface area contributed by atoms with Crippen LogP contribution in [0.2, 0.25) is 0 Å². The molecule has 21 heavy (non-hydrogen) atoms. The summed E-state index contributed by atoms with van der Waals surface area (Å²) in [5.41, 5.74) is 2.41. The first-order chi connectivity index (χ1) is 9.72. The molecule has 1 aliphatic heterocycles. The molecule has 3 N–H and O–H groups in total. The van der Waals surface area contributed by atoms with Gasteiger partial charge in [-0.2, -0.15) is 0 Å². The first kappa shape index (κ1) is 16.1. The summed E-state index contributed by atoms with van der Waals surface area (Å²) in [6.45, 7) is 3.69. The van der Waals surface area contributed by atoms with E-state index in [1.807, 2.05) is 18.2 Å². The molecular weight excluding hydrogens is 290 g/mol. The zero-order valence-electron chi connectivity index (χ0n) is 12.1. The van der Waals surface area contributed by atoms with Crippen LogP contribution in [0.1, 0.15) is 37.9 Å². The molecule has 2 heterocycles. The number of halogens is 1. The molecule has 1 aliphatic rings. The van der Waals surface area contributed by atoms with E-state index in [4.69, 9.17) is 0 Å². The number of aliphatic hydroxyl groups excluding tert-OH is 1. The van der Waals surface area contributed by atoms with Crippen molar-refractivity contribution in [3.8, 4) is 0 Å². The predicted molar refractivity (Wildman–Crippen MR) is 86.1 cm³/mol. The zero-order chi connectivity index (χ0) is 14.1. The van der Waals surface area contributed by atoms with Crippen LogP contribution in [0.4, 0.5) is 0 Å². The van der Waals surface area contributed by atoms with Gasteiger partial charge in [0, 0.05) is 18.2 Å². The van der Waals surface area contributed by atoms with Crippen molar-refractivity contribution in [2.24, 2.45) is 0 Å². The number of aromatic amines is 1. The van der Waals surface area contributed by atoms with E-state index in [0.717, 1.165) is 42.4 Å². The van der Waals surface area contributed by atoms with Crippen molar-refractivity contribution in [2.45, 2.75) is 44.9 Å². The molecule has 0 saturated heterocycles. The van der Waals surface area contributed by atoms with Gasteiger partial charge in [0.2, 0.25) is 0 Å². The Balaban J connectivity index is 0.00000161. The largest absolute Gasteiger partial charge is 0.387 e. The standard InChI is InChI=1S/C15H21N3O2.ClH/c1-2-3-8-16-12-7-9-18-13-10(14(12)19)5-4-6-11(13)17-15(18)20;/h4-6,12,14,16,19H,2-3,7-9H2,1H3,(H,17,20);1H. The number of hydrogen-bond donors (Lipinski definition) is 3. The van der Waals surface area contributed by atoms with Crippen LogP contribution in [-0.2, 0) is 6.54 Å². The molecule has 2 aromatic rings. The Labute approximate surface area is 129 Å². The van der Waals surface area contributed by atoms with Crippen LogP contribution in [0.25, 0.3) is 11.0 Å². The molecule has 0 aliphatic carbocycles. The Hall–Kier alpha value is -1.30. The lowest BCUT2D eigenvalue weighted by Crippen LogP contribution is -2.36. The van der Waals surface area contributed by atoms with Gasteiger partial charge in [0.05, 0.1) is 17.1 Å². The van der Waals surface area contributed by atoms with Crippen molar-refractivity contribution in [1.82, 2.24) is 14.9 Å². The van der Waals surface area contributed by atoms with Crippen LogP contribution in [0.15, 0.2) is 23.0 Å². The number of aliphatic hydroxyl groups is 1. The van der Waals surface area contributed by atoms with E-state index >= 15 is 0 Å². The minimum Gasteiger partial charge on any atom is -0.387 e. The SMILES string of the molecule is CCCCNC1CCn2c(=O)[nH]c3cccc(c32)C1O.Cl. The lowest BCUT2D eigenvalue weighted by atomic mass is 10.00. The summed E-state index contributed by atoms with van der Waals surface area (Å²) in [6, 6.07) is 5.69. The number of rotatable bonds is 4. The molecule has 5 nitrogen and oxygen atoms in total. The maximum atomic E-state index is 12.0. The molecule has 3 rings (SSSR count). The number of aromatic nitrogens is 2. The van der Waals surface area contributed by atoms with Gasteiger partial charge >= 0.3 is 5.69 Å². The smallest absolute Gasteiger partial charge is 0.326 e. The van der Waals surface area contributed by atoms with Gasteiger partial charge < -0.3 is 15.4 Å². The summed E-state index contributed by atoms with van der Waals surface area (Å²) in [4.78, 5) is 14.8. The Bertz CT molecular complexity index is 664. The van der Waals surface area contributed by atoms with Gasteiger partial charge in [-0.05, 0) is 25.5 Å². The fourth-order valence-corrected chi connectivity index (χ4v) is 3.02. The van der Waals surface area contributed by atoms with Crippen molar-refractivity contribution in [3.63, 3.8) is 0 Å². The van der Waals surface area contributed by atoms with Crippen LogP contribution >= 0.6 is 12.4 Å². The third kappa shape index (κ3) is 2.86. The molecule has 2 atom stereocenters. The van der Waals surface area contributed by atoms with E-state index in [0.29, 0.717) is 6.54 Å². The Kier molecular flexibility index (Phi) is 5.08. The number of H-pyrrole nitrogens is 1. The number of imidazole rings is 1. The third-order valence-electron chi connectivity index (χ3n) is 4.12. The molecule has 0 fully saturated rings. The first-order valence-electron chi connectivity index (χ1n) is 7.35. The van der Waals surface area contributed by atoms with Crippen LogP contribution in [-0.4, -0.2) is 27.2 Å². The Morgan fingerprint density at radius 1 is 1.48 bits per heavy atom. The molecule has 0 spiro atoms. The van der Waals surface area contributed by atoms with E-state index in [1.54, 1.807) is 4.57 Å². The van der Waals surface area contributed by atoms with Gasteiger partial charge in [-0.15, -0.1) is 12.4 Å². The van der Waals surface area contributed by atoms with Gasteiger partial charge in [0.25, 0.3) is 0 Å². The summed E-state index contributed by atoms with van der Waals surface area (Å²) in [5, 5.41) is 14.1. The number of hydrogen-bond acceptors (Lipinski definition) is 3. The van der Waals surface area contributed by atoms with Gasteiger partial charge in [0.1, 0.15) is 0 Å². The first-order valence-corrected chi connectivity index (χ1v) is 7.35. The van der Waals surface area contributed by atoms with Crippen molar-refractivity contribution >= 4 is 23.4 Å². The van der Waals surface area contributed by atoms with Crippen molar-refractivity contribution < 1.29 is 5.11 Å². The minimum absolute atomic E-state index is 0. The number of nitrogens with one attached hydrogen (secondary N) is 2. The summed E-state index contributed by atoms with van der Waals surface area (Å²) in [6.07, 6.45) is 2.41. The van der Waals surface area contributed by atoms with Crippen LogP contribution < -0.4 is 11.0 Å². The molecule has 1 aromatic carbocycles.